The maximum absolute atomic E-state index is 12.1. The first-order valence-corrected chi connectivity index (χ1v) is 6.56. The average Bonchev–Trinajstić information content (AvgIpc) is 2.82. The van der Waals surface area contributed by atoms with Crippen LogP contribution in [0.1, 0.15) is 18.9 Å². The fourth-order valence-corrected chi connectivity index (χ4v) is 2.25. The summed E-state index contributed by atoms with van der Waals surface area (Å²) in [5.74, 6) is -0.844. The lowest BCUT2D eigenvalue weighted by Gasteiger charge is -2.18. The highest BCUT2D eigenvalue weighted by Gasteiger charge is 2.28. The van der Waals surface area contributed by atoms with Gasteiger partial charge in [0.05, 0.1) is 18.2 Å². The van der Waals surface area contributed by atoms with Crippen LogP contribution < -0.4 is 5.32 Å². The second kappa shape index (κ2) is 6.35. The lowest BCUT2D eigenvalue weighted by molar-refractivity contribution is -0.124. The van der Waals surface area contributed by atoms with Gasteiger partial charge in [-0.2, -0.15) is 5.26 Å². The van der Waals surface area contributed by atoms with Gasteiger partial charge in [-0.3, -0.25) is 4.79 Å². The van der Waals surface area contributed by atoms with Gasteiger partial charge in [-0.15, -0.1) is 0 Å². The first-order valence-electron chi connectivity index (χ1n) is 6.56. The molecule has 0 saturated carbocycles. The van der Waals surface area contributed by atoms with Crippen molar-refractivity contribution in [3.05, 3.63) is 35.9 Å². The number of amides is 1. The molecule has 0 spiro atoms. The third-order valence-corrected chi connectivity index (χ3v) is 3.46. The zero-order chi connectivity index (χ0) is 13.7. The highest BCUT2D eigenvalue weighted by Crippen LogP contribution is 2.14. The van der Waals surface area contributed by atoms with Crippen LogP contribution in [0.15, 0.2) is 30.3 Å². The van der Waals surface area contributed by atoms with E-state index in [0.717, 1.165) is 12.0 Å². The molecular formula is C15H18N2O2. The van der Waals surface area contributed by atoms with Crippen LogP contribution in [0.5, 0.6) is 0 Å². The minimum absolute atomic E-state index is 0.0270. The van der Waals surface area contributed by atoms with Crippen molar-refractivity contribution < 1.29 is 9.53 Å². The van der Waals surface area contributed by atoms with Gasteiger partial charge in [0.2, 0.25) is 5.91 Å². The first kappa shape index (κ1) is 13.6. The molecule has 100 valence electrons. The molecule has 3 unspecified atom stereocenters. The van der Waals surface area contributed by atoms with Gasteiger partial charge in [0.15, 0.2) is 0 Å². The third-order valence-electron chi connectivity index (χ3n) is 3.46. The molecule has 1 aromatic carbocycles. The quantitative estimate of drug-likeness (QED) is 0.893. The van der Waals surface area contributed by atoms with Crippen molar-refractivity contribution in [2.24, 2.45) is 5.92 Å². The Balaban J connectivity index is 1.94. The van der Waals surface area contributed by atoms with Crippen molar-refractivity contribution >= 4 is 5.91 Å². The number of carbonyl (C=O) groups excluding carboxylic acids is 1. The zero-order valence-electron chi connectivity index (χ0n) is 11.0. The van der Waals surface area contributed by atoms with Crippen LogP contribution in [0, 0.1) is 17.2 Å². The molecule has 3 atom stereocenters. The van der Waals surface area contributed by atoms with Crippen molar-refractivity contribution in [2.45, 2.75) is 31.9 Å². The Hall–Kier alpha value is -1.86. The van der Waals surface area contributed by atoms with Gasteiger partial charge in [0.25, 0.3) is 0 Å². The van der Waals surface area contributed by atoms with E-state index in [4.69, 9.17) is 10.00 Å². The Morgan fingerprint density at radius 3 is 2.84 bits per heavy atom. The molecule has 0 bridgehead atoms. The smallest absolute Gasteiger partial charge is 0.238 e. The van der Waals surface area contributed by atoms with E-state index in [2.05, 4.69) is 11.4 Å². The maximum atomic E-state index is 12.1. The number of nitrogens with one attached hydrogen (secondary N) is 1. The summed E-state index contributed by atoms with van der Waals surface area (Å²) in [6, 6.07) is 11.7. The molecule has 4 heteroatoms. The molecule has 19 heavy (non-hydrogen) atoms. The number of carbonyl (C=O) groups is 1. The highest BCUT2D eigenvalue weighted by molar-refractivity contribution is 5.81. The molecule has 0 radical (unpaired) electrons. The maximum Gasteiger partial charge on any atom is 0.238 e. The minimum Gasteiger partial charge on any atom is -0.376 e. The molecule has 0 aliphatic carbocycles. The van der Waals surface area contributed by atoms with Gasteiger partial charge in [-0.05, 0) is 25.3 Å². The molecular weight excluding hydrogens is 240 g/mol. The molecule has 1 heterocycles. The van der Waals surface area contributed by atoms with Crippen LogP contribution in [0.25, 0.3) is 0 Å². The molecule has 1 amide bonds. The molecule has 1 aliphatic heterocycles. The van der Waals surface area contributed by atoms with Crippen molar-refractivity contribution in [1.82, 2.24) is 5.32 Å². The molecule has 4 nitrogen and oxygen atoms in total. The van der Waals surface area contributed by atoms with Gasteiger partial charge >= 0.3 is 0 Å². The Labute approximate surface area is 113 Å². The summed E-state index contributed by atoms with van der Waals surface area (Å²) >= 11 is 0. The van der Waals surface area contributed by atoms with Crippen molar-refractivity contribution in [3.8, 4) is 6.07 Å². The van der Waals surface area contributed by atoms with Crippen molar-refractivity contribution in [1.29, 1.82) is 5.26 Å². The fourth-order valence-electron chi connectivity index (χ4n) is 2.25. The lowest BCUT2D eigenvalue weighted by Crippen LogP contribution is -2.42. The standard InChI is InChI=1S/C15H18N2O2/c1-11-14(7-8-19-11)17-15(18)13(10-16)9-12-5-3-2-4-6-12/h2-6,11,13-14H,7-9H2,1H3,(H,17,18). The van der Waals surface area contributed by atoms with Crippen LogP contribution in [-0.4, -0.2) is 24.7 Å². The fraction of sp³-hybridized carbons (Fsp3) is 0.467. The van der Waals surface area contributed by atoms with E-state index in [0.29, 0.717) is 13.0 Å². The minimum atomic E-state index is -0.643. The normalized spacial score (nSPS) is 23.6. The van der Waals surface area contributed by atoms with Gasteiger partial charge in [0, 0.05) is 6.61 Å². The van der Waals surface area contributed by atoms with E-state index in [1.54, 1.807) is 0 Å². The van der Waals surface area contributed by atoms with Gasteiger partial charge in [-0.1, -0.05) is 30.3 Å². The van der Waals surface area contributed by atoms with Gasteiger partial charge < -0.3 is 10.1 Å². The van der Waals surface area contributed by atoms with E-state index < -0.39 is 5.92 Å². The summed E-state index contributed by atoms with van der Waals surface area (Å²) in [6.07, 6.45) is 1.29. The van der Waals surface area contributed by atoms with Crippen molar-refractivity contribution in [2.75, 3.05) is 6.61 Å². The number of hydrogen-bond acceptors (Lipinski definition) is 3. The van der Waals surface area contributed by atoms with Crippen LogP contribution in [-0.2, 0) is 16.0 Å². The summed E-state index contributed by atoms with van der Waals surface area (Å²) in [7, 11) is 0. The van der Waals surface area contributed by atoms with Gasteiger partial charge in [-0.25, -0.2) is 0 Å². The largest absolute Gasteiger partial charge is 0.376 e. The van der Waals surface area contributed by atoms with Crippen LogP contribution in [0.4, 0.5) is 0 Å². The SMILES string of the molecule is CC1OCCC1NC(=O)C(C#N)Cc1ccccc1. The third kappa shape index (κ3) is 3.55. The monoisotopic (exact) mass is 258 g/mol. The molecule has 1 aliphatic rings. The molecule has 1 fully saturated rings. The molecule has 1 saturated heterocycles. The number of nitrogens with zero attached hydrogens (tertiary/aromatic N) is 1. The number of ether oxygens (including phenoxy) is 1. The molecule has 2 rings (SSSR count). The topological polar surface area (TPSA) is 62.1 Å². The first-order chi connectivity index (χ1) is 9.20. The molecule has 1 aromatic rings. The van der Waals surface area contributed by atoms with E-state index in [-0.39, 0.29) is 18.1 Å². The summed E-state index contributed by atoms with van der Waals surface area (Å²) in [4.78, 5) is 12.1. The van der Waals surface area contributed by atoms with E-state index >= 15 is 0 Å². The summed E-state index contributed by atoms with van der Waals surface area (Å²) < 4.78 is 5.40. The molecule has 1 N–H and O–H groups in total. The van der Waals surface area contributed by atoms with E-state index in [9.17, 15) is 4.79 Å². The van der Waals surface area contributed by atoms with Crippen molar-refractivity contribution in [3.63, 3.8) is 0 Å². The number of rotatable bonds is 4. The van der Waals surface area contributed by atoms with Crippen LogP contribution >= 0.6 is 0 Å². The molecule has 0 aromatic heterocycles. The van der Waals surface area contributed by atoms with E-state index in [1.165, 1.54) is 0 Å². The predicted octanol–water partition coefficient (Wildman–Crippen LogP) is 1.66. The number of hydrogen-bond donors (Lipinski definition) is 1. The van der Waals surface area contributed by atoms with Crippen LogP contribution in [0.2, 0.25) is 0 Å². The predicted molar refractivity (Wildman–Crippen MR) is 71.2 cm³/mol. The Morgan fingerprint density at radius 1 is 1.53 bits per heavy atom. The lowest BCUT2D eigenvalue weighted by atomic mass is 9.99. The highest BCUT2D eigenvalue weighted by atomic mass is 16.5. The summed E-state index contributed by atoms with van der Waals surface area (Å²) in [6.45, 7) is 2.61. The summed E-state index contributed by atoms with van der Waals surface area (Å²) in [5.41, 5.74) is 1.000. The Morgan fingerprint density at radius 2 is 2.26 bits per heavy atom. The Bertz CT molecular complexity index is 467. The van der Waals surface area contributed by atoms with Gasteiger partial charge in [0.1, 0.15) is 5.92 Å². The van der Waals surface area contributed by atoms with Crippen LogP contribution in [0.3, 0.4) is 0 Å². The average molecular weight is 258 g/mol. The number of nitriles is 1. The summed E-state index contributed by atoms with van der Waals surface area (Å²) in [5, 5.41) is 12.1. The second-order valence-electron chi connectivity index (χ2n) is 4.85. The zero-order valence-corrected chi connectivity index (χ0v) is 11.0. The second-order valence-corrected chi connectivity index (χ2v) is 4.85. The number of benzene rings is 1. The van der Waals surface area contributed by atoms with E-state index in [1.807, 2.05) is 37.3 Å². The Kier molecular flexibility index (Phi) is 4.53.